The second-order valence-corrected chi connectivity index (χ2v) is 8.42. The summed E-state index contributed by atoms with van der Waals surface area (Å²) in [5.74, 6) is 1.12. The zero-order valence-electron chi connectivity index (χ0n) is 18.5. The van der Waals surface area contributed by atoms with Gasteiger partial charge in [-0.2, -0.15) is 20.1 Å². The van der Waals surface area contributed by atoms with Gasteiger partial charge in [-0.15, -0.1) is 5.10 Å². The van der Waals surface area contributed by atoms with Crippen LogP contribution in [0, 0.1) is 26.7 Å². The number of aryl methyl sites for hydroxylation is 3. The van der Waals surface area contributed by atoms with Gasteiger partial charge >= 0.3 is 0 Å². The Bertz CT molecular complexity index is 1060. The van der Waals surface area contributed by atoms with Crippen molar-refractivity contribution in [2.75, 3.05) is 18.4 Å². The molecular weight excluding hydrogens is 390 g/mol. The Morgan fingerprint density at radius 3 is 2.68 bits per heavy atom. The zero-order valence-corrected chi connectivity index (χ0v) is 18.5. The number of carbonyl (C=O) groups is 1. The van der Waals surface area contributed by atoms with E-state index in [4.69, 9.17) is 0 Å². The Labute approximate surface area is 182 Å². The molecule has 0 aliphatic carbocycles. The molecule has 0 unspecified atom stereocenters. The van der Waals surface area contributed by atoms with Crippen molar-refractivity contribution in [1.82, 2.24) is 30.1 Å². The van der Waals surface area contributed by atoms with E-state index in [1.165, 1.54) is 0 Å². The van der Waals surface area contributed by atoms with Crippen LogP contribution in [0.5, 0.6) is 0 Å². The maximum absolute atomic E-state index is 13.8. The molecule has 0 spiro atoms. The van der Waals surface area contributed by atoms with Gasteiger partial charge in [0, 0.05) is 13.1 Å². The van der Waals surface area contributed by atoms with Gasteiger partial charge in [-0.3, -0.25) is 4.79 Å². The van der Waals surface area contributed by atoms with E-state index in [0.29, 0.717) is 23.7 Å². The van der Waals surface area contributed by atoms with Crippen LogP contribution in [0.15, 0.2) is 36.5 Å². The van der Waals surface area contributed by atoms with Crippen molar-refractivity contribution < 1.29 is 4.79 Å². The molecule has 0 radical (unpaired) electrons. The predicted molar refractivity (Wildman–Crippen MR) is 119 cm³/mol. The number of hydrogen-bond donors (Lipinski definition) is 1. The van der Waals surface area contributed by atoms with E-state index >= 15 is 0 Å². The van der Waals surface area contributed by atoms with E-state index in [1.807, 2.05) is 56.0 Å². The first kappa shape index (κ1) is 21.0. The van der Waals surface area contributed by atoms with Crippen LogP contribution in [0.4, 0.5) is 5.82 Å². The minimum absolute atomic E-state index is 0.0157. The first-order valence-corrected chi connectivity index (χ1v) is 10.8. The summed E-state index contributed by atoms with van der Waals surface area (Å²) in [6, 6.07) is 9.76. The molecule has 31 heavy (non-hydrogen) atoms. The summed E-state index contributed by atoms with van der Waals surface area (Å²) in [5.41, 5.74) is 4.06. The van der Waals surface area contributed by atoms with Crippen molar-refractivity contribution in [2.24, 2.45) is 5.92 Å². The largest absolute Gasteiger partial charge is 0.367 e. The second kappa shape index (κ2) is 8.83. The zero-order chi connectivity index (χ0) is 22.0. The monoisotopic (exact) mass is 419 g/mol. The molecule has 1 aliphatic heterocycles. The lowest BCUT2D eigenvalue weighted by Gasteiger charge is -2.40. The van der Waals surface area contributed by atoms with Gasteiger partial charge in [0.1, 0.15) is 5.82 Å². The minimum Gasteiger partial charge on any atom is -0.367 e. The van der Waals surface area contributed by atoms with Gasteiger partial charge in [0.2, 0.25) is 0 Å². The molecule has 8 nitrogen and oxygen atoms in total. The molecule has 8 heteroatoms. The van der Waals surface area contributed by atoms with Crippen molar-refractivity contribution in [3.8, 4) is 5.69 Å². The third kappa shape index (κ3) is 4.57. The lowest BCUT2D eigenvalue weighted by molar-refractivity contribution is 0.0539. The average Bonchev–Trinajstić information content (AvgIpc) is 3.19. The molecule has 3 aromatic rings. The van der Waals surface area contributed by atoms with Gasteiger partial charge in [0.15, 0.2) is 0 Å². The van der Waals surface area contributed by atoms with Gasteiger partial charge < -0.3 is 10.2 Å². The Kier molecular flexibility index (Phi) is 5.97. The normalized spacial score (nSPS) is 18.8. The van der Waals surface area contributed by atoms with Crippen LogP contribution in [0.3, 0.4) is 0 Å². The number of anilines is 1. The highest BCUT2D eigenvalue weighted by molar-refractivity contribution is 5.98. The Hall–Kier alpha value is -3.29. The molecule has 3 heterocycles. The number of aromatic nitrogens is 5. The lowest BCUT2D eigenvalue weighted by atomic mass is 9.89. The molecule has 1 fully saturated rings. The summed E-state index contributed by atoms with van der Waals surface area (Å²) in [6.07, 6.45) is 3.79. The summed E-state index contributed by atoms with van der Waals surface area (Å²) in [6.45, 7) is 9.37. The van der Waals surface area contributed by atoms with Crippen LogP contribution in [0.25, 0.3) is 5.69 Å². The molecule has 1 aromatic carbocycles. The van der Waals surface area contributed by atoms with Gasteiger partial charge in [0.25, 0.3) is 5.91 Å². The van der Waals surface area contributed by atoms with Gasteiger partial charge in [0.05, 0.1) is 34.9 Å². The van der Waals surface area contributed by atoms with Crippen molar-refractivity contribution in [3.63, 3.8) is 0 Å². The van der Waals surface area contributed by atoms with Crippen molar-refractivity contribution in [1.29, 1.82) is 0 Å². The number of carbonyl (C=O) groups excluding carboxylic acids is 1. The number of nitrogens with one attached hydrogen (secondary N) is 1. The summed E-state index contributed by atoms with van der Waals surface area (Å²) in [5, 5.41) is 20.4. The van der Waals surface area contributed by atoms with E-state index < -0.39 is 0 Å². The highest BCUT2D eigenvalue weighted by Crippen LogP contribution is 2.27. The molecular formula is C23H29N7O. The molecule has 2 atom stereocenters. The number of hydrogen-bond acceptors (Lipinski definition) is 6. The fourth-order valence-electron chi connectivity index (χ4n) is 4.12. The fourth-order valence-corrected chi connectivity index (χ4v) is 4.12. The smallest absolute Gasteiger partial charge is 0.256 e. The first-order chi connectivity index (χ1) is 14.9. The quantitative estimate of drug-likeness (QED) is 0.682. The molecule has 1 aliphatic rings. The van der Waals surface area contributed by atoms with Gasteiger partial charge in [-0.1, -0.05) is 18.6 Å². The second-order valence-electron chi connectivity index (χ2n) is 8.42. The average molecular weight is 420 g/mol. The summed E-state index contributed by atoms with van der Waals surface area (Å²) in [4.78, 5) is 17.3. The van der Waals surface area contributed by atoms with Crippen LogP contribution in [-0.4, -0.2) is 55.1 Å². The predicted octanol–water partition coefficient (Wildman–Crippen LogP) is 3.34. The molecule has 0 bridgehead atoms. The highest BCUT2D eigenvalue weighted by Gasteiger charge is 2.33. The Balaban J connectivity index is 1.61. The van der Waals surface area contributed by atoms with Crippen LogP contribution in [0.2, 0.25) is 0 Å². The molecule has 162 valence electrons. The SMILES string of the molecule is Cc1ccc(-n2ncc(C)n2)c(C(=O)N2CCC[C@@H](C)[C@H]2CNc2ccc(C)nn2)c1. The third-order valence-corrected chi connectivity index (χ3v) is 5.87. The standard InChI is InChI=1S/C23H29N7O/c1-15-7-9-20(30-25-13-18(4)28-30)19(12-15)23(31)29-11-5-6-16(2)21(29)14-24-22-10-8-17(3)26-27-22/h7-10,12-13,16,21H,5-6,11,14H2,1-4H3,(H,24,27)/t16-,21-/m1/s1. The summed E-state index contributed by atoms with van der Waals surface area (Å²) in [7, 11) is 0. The van der Waals surface area contributed by atoms with E-state index in [-0.39, 0.29) is 11.9 Å². The van der Waals surface area contributed by atoms with Crippen LogP contribution >= 0.6 is 0 Å². The van der Waals surface area contributed by atoms with E-state index in [9.17, 15) is 4.79 Å². The summed E-state index contributed by atoms with van der Waals surface area (Å²) < 4.78 is 0. The van der Waals surface area contributed by atoms with Crippen molar-refractivity contribution in [2.45, 2.75) is 46.6 Å². The highest BCUT2D eigenvalue weighted by atomic mass is 16.2. The molecule has 1 N–H and O–H groups in total. The molecule has 4 rings (SSSR count). The maximum atomic E-state index is 13.8. The number of rotatable bonds is 5. The molecule has 1 saturated heterocycles. The maximum Gasteiger partial charge on any atom is 0.256 e. The fraction of sp³-hybridized carbons (Fsp3) is 0.435. The number of nitrogens with zero attached hydrogens (tertiary/aromatic N) is 6. The first-order valence-electron chi connectivity index (χ1n) is 10.8. The van der Waals surface area contributed by atoms with E-state index in [2.05, 4.69) is 32.6 Å². The number of likely N-dealkylation sites (tertiary alicyclic amines) is 1. The van der Waals surface area contributed by atoms with Crippen LogP contribution in [0.1, 0.15) is 47.1 Å². The van der Waals surface area contributed by atoms with E-state index in [1.54, 1.807) is 11.0 Å². The van der Waals surface area contributed by atoms with E-state index in [0.717, 1.165) is 42.2 Å². The van der Waals surface area contributed by atoms with Gasteiger partial charge in [-0.05, 0) is 63.8 Å². The number of amides is 1. The molecule has 1 amide bonds. The number of benzene rings is 1. The third-order valence-electron chi connectivity index (χ3n) is 5.87. The topological polar surface area (TPSA) is 88.8 Å². The Morgan fingerprint density at radius 2 is 1.97 bits per heavy atom. The lowest BCUT2D eigenvalue weighted by Crippen LogP contribution is -2.51. The number of piperidine rings is 1. The molecule has 2 aromatic heterocycles. The molecule has 0 saturated carbocycles. The Morgan fingerprint density at radius 1 is 1.13 bits per heavy atom. The minimum atomic E-state index is 0.0157. The van der Waals surface area contributed by atoms with Crippen LogP contribution < -0.4 is 5.32 Å². The van der Waals surface area contributed by atoms with Gasteiger partial charge in [-0.25, -0.2) is 0 Å². The van der Waals surface area contributed by atoms with Crippen molar-refractivity contribution >= 4 is 11.7 Å². The van der Waals surface area contributed by atoms with Crippen LogP contribution in [-0.2, 0) is 0 Å². The van der Waals surface area contributed by atoms with Crippen molar-refractivity contribution in [3.05, 3.63) is 59.0 Å². The summed E-state index contributed by atoms with van der Waals surface area (Å²) >= 11 is 0.